The van der Waals surface area contributed by atoms with Gasteiger partial charge in [-0.2, -0.15) is 0 Å². The maximum Gasteiger partial charge on any atom is 0.472 e. The van der Waals surface area contributed by atoms with Crippen molar-refractivity contribution >= 4 is 25.7 Å². The number of hydrogen-bond donors (Lipinski definition) is 3. The smallest absolute Gasteiger partial charge is 0.472 e. The highest BCUT2D eigenvalue weighted by atomic mass is 31.2. The topological polar surface area (TPSA) is 172 Å². The van der Waals surface area contributed by atoms with Gasteiger partial charge in [-0.3, -0.25) is 23.4 Å². The summed E-state index contributed by atoms with van der Waals surface area (Å²) in [5.74, 6) is -2.39. The number of nitrogens with two attached hydrogens (primary N) is 1. The maximum absolute atomic E-state index is 12.6. The second kappa shape index (κ2) is 40.7. The van der Waals surface area contributed by atoms with Crippen LogP contribution in [0.3, 0.4) is 0 Å². The number of ether oxygens (including phenoxy) is 2. The van der Waals surface area contributed by atoms with Gasteiger partial charge >= 0.3 is 25.7 Å². The van der Waals surface area contributed by atoms with E-state index in [4.69, 9.17) is 24.8 Å². The molecule has 0 aliphatic heterocycles. The van der Waals surface area contributed by atoms with Crippen LogP contribution in [0.4, 0.5) is 0 Å². The van der Waals surface area contributed by atoms with Crippen molar-refractivity contribution in [1.82, 2.24) is 0 Å². The van der Waals surface area contributed by atoms with Crippen molar-refractivity contribution in [3.63, 3.8) is 0 Å². The number of carboxylic acids is 1. The summed E-state index contributed by atoms with van der Waals surface area (Å²) in [7, 11) is -4.72. The van der Waals surface area contributed by atoms with Crippen LogP contribution in [0.1, 0.15) is 213 Å². The zero-order chi connectivity index (χ0) is 42.1. The minimum Gasteiger partial charge on any atom is -0.480 e. The maximum atomic E-state index is 12.6. The molecule has 0 saturated carbocycles. The van der Waals surface area contributed by atoms with Crippen molar-refractivity contribution in [2.75, 3.05) is 19.8 Å². The minimum atomic E-state index is -4.72. The number of carboxylic acid groups (broad SMARTS) is 1. The summed E-state index contributed by atoms with van der Waals surface area (Å²) in [5, 5.41) is 8.89. The number of carbonyl (C=O) groups excluding carboxylic acids is 2. The molecule has 0 saturated heterocycles. The fraction of sp³-hybridized carbons (Fsp3) is 0.844. The van der Waals surface area contributed by atoms with Gasteiger partial charge in [0.15, 0.2) is 6.10 Å². The Hall–Kier alpha value is -2.04. The molecule has 12 heteroatoms. The Morgan fingerprint density at radius 2 is 0.877 bits per heavy atom. The lowest BCUT2D eigenvalue weighted by Gasteiger charge is -2.20. The van der Waals surface area contributed by atoms with Crippen LogP contribution in [-0.2, 0) is 37.5 Å². The van der Waals surface area contributed by atoms with Gasteiger partial charge in [-0.25, -0.2) is 4.57 Å². The summed E-state index contributed by atoms with van der Waals surface area (Å²) in [6, 6.07) is -1.52. The normalized spacial score (nSPS) is 13.9. The third kappa shape index (κ3) is 40.5. The van der Waals surface area contributed by atoms with Crippen LogP contribution in [0.15, 0.2) is 24.3 Å². The Kier molecular flexibility index (Phi) is 39.3. The molecule has 11 nitrogen and oxygen atoms in total. The number of rotatable bonds is 43. The van der Waals surface area contributed by atoms with Crippen molar-refractivity contribution in [2.45, 2.75) is 225 Å². The van der Waals surface area contributed by atoms with E-state index in [1.807, 2.05) is 0 Å². The largest absolute Gasteiger partial charge is 0.480 e. The van der Waals surface area contributed by atoms with Crippen molar-refractivity contribution < 1.29 is 47.5 Å². The molecule has 0 aromatic carbocycles. The van der Waals surface area contributed by atoms with E-state index in [0.717, 1.165) is 64.2 Å². The van der Waals surface area contributed by atoms with E-state index in [1.165, 1.54) is 109 Å². The molecule has 0 aromatic rings. The molecule has 4 N–H and O–H groups in total. The highest BCUT2D eigenvalue weighted by molar-refractivity contribution is 7.47. The number of unbranched alkanes of at least 4 members (excludes halogenated alkanes) is 25. The van der Waals surface area contributed by atoms with E-state index in [2.05, 4.69) is 42.7 Å². The van der Waals surface area contributed by atoms with Gasteiger partial charge < -0.3 is 25.2 Å². The summed E-state index contributed by atoms with van der Waals surface area (Å²) in [6.45, 7) is 2.80. The Bertz CT molecular complexity index is 1070. The molecule has 3 atom stereocenters. The van der Waals surface area contributed by atoms with Crippen LogP contribution in [0.2, 0.25) is 0 Å². The number of hydrogen-bond acceptors (Lipinski definition) is 9. The lowest BCUT2D eigenvalue weighted by atomic mass is 10.1. The Balaban J connectivity index is 4.31. The van der Waals surface area contributed by atoms with E-state index < -0.39 is 51.1 Å². The van der Waals surface area contributed by atoms with Crippen LogP contribution in [0.25, 0.3) is 0 Å². The average molecular weight is 830 g/mol. The lowest BCUT2D eigenvalue weighted by molar-refractivity contribution is -0.161. The van der Waals surface area contributed by atoms with Gasteiger partial charge in [0.05, 0.1) is 13.2 Å². The highest BCUT2D eigenvalue weighted by Crippen LogP contribution is 2.43. The molecule has 0 aromatic heterocycles. The van der Waals surface area contributed by atoms with E-state index in [1.54, 1.807) is 0 Å². The lowest BCUT2D eigenvalue weighted by Crippen LogP contribution is -2.34. The molecule has 0 amide bonds. The van der Waals surface area contributed by atoms with Crippen LogP contribution in [0, 0.1) is 0 Å². The summed E-state index contributed by atoms with van der Waals surface area (Å²) >= 11 is 0. The van der Waals surface area contributed by atoms with Crippen molar-refractivity contribution in [1.29, 1.82) is 0 Å². The molecular formula is C45H84NO10P. The number of phosphoric acid groups is 1. The van der Waals surface area contributed by atoms with Crippen LogP contribution in [-0.4, -0.2) is 59.9 Å². The quantitative estimate of drug-likeness (QED) is 0.0231. The van der Waals surface area contributed by atoms with Gasteiger partial charge in [-0.15, -0.1) is 0 Å². The zero-order valence-electron chi connectivity index (χ0n) is 36.2. The molecule has 0 radical (unpaired) electrons. The molecule has 0 bridgehead atoms. The molecule has 1 unspecified atom stereocenters. The third-order valence-electron chi connectivity index (χ3n) is 9.92. The molecule has 0 rings (SSSR count). The fourth-order valence-corrected chi connectivity index (χ4v) is 7.07. The number of carbonyl (C=O) groups is 3. The molecule has 0 spiro atoms. The van der Waals surface area contributed by atoms with Crippen LogP contribution < -0.4 is 5.73 Å². The first kappa shape index (κ1) is 55.0. The Morgan fingerprint density at radius 3 is 1.28 bits per heavy atom. The zero-order valence-corrected chi connectivity index (χ0v) is 37.1. The van der Waals surface area contributed by atoms with Gasteiger partial charge in [0, 0.05) is 12.8 Å². The molecule has 0 heterocycles. The van der Waals surface area contributed by atoms with Gasteiger partial charge in [-0.1, -0.05) is 160 Å². The molecule has 0 aliphatic rings. The summed E-state index contributed by atoms with van der Waals surface area (Å²) in [5.41, 5.74) is 5.33. The van der Waals surface area contributed by atoms with Gasteiger partial charge in [0.2, 0.25) is 0 Å². The molecule has 334 valence electrons. The standard InChI is InChI=1S/C45H84NO10P/c1-3-5-7-9-11-13-15-17-19-20-21-22-23-25-26-28-30-32-34-36-43(47)53-38-41(39-54-57(51,52)55-40-42(46)45(49)50)56-44(48)37-35-33-31-29-27-24-18-16-14-12-10-8-6-4-2/h16,18,20-21,41-42H,3-15,17,19,22-40,46H2,1-2H3,(H,49,50)(H,51,52)/b18-16-,21-20-/t41-,42+/m1/s1. The van der Waals surface area contributed by atoms with E-state index in [-0.39, 0.29) is 19.4 Å². The SMILES string of the molecule is CCCCCCC/C=C\CCCCCCCC(=O)O[C@H](COC(=O)CCCCCCCCC/C=C\CCCCCCCCCC)COP(=O)(O)OC[C@H](N)C(=O)O. The molecule has 0 fully saturated rings. The first-order chi connectivity index (χ1) is 27.6. The first-order valence-electron chi connectivity index (χ1n) is 22.9. The molecular weight excluding hydrogens is 745 g/mol. The van der Waals surface area contributed by atoms with Gasteiger partial charge in [0.1, 0.15) is 12.6 Å². The summed E-state index contributed by atoms with van der Waals surface area (Å²) in [4.78, 5) is 46.0. The number of esters is 2. The summed E-state index contributed by atoms with van der Waals surface area (Å²) in [6.07, 6.45) is 42.4. The monoisotopic (exact) mass is 830 g/mol. The van der Waals surface area contributed by atoms with E-state index >= 15 is 0 Å². The van der Waals surface area contributed by atoms with Gasteiger partial charge in [0.25, 0.3) is 0 Å². The first-order valence-corrected chi connectivity index (χ1v) is 24.4. The number of allylic oxidation sites excluding steroid dienone is 4. The number of aliphatic carboxylic acids is 1. The predicted octanol–water partition coefficient (Wildman–Crippen LogP) is 12.2. The van der Waals surface area contributed by atoms with Crippen molar-refractivity contribution in [3.8, 4) is 0 Å². The van der Waals surface area contributed by atoms with Gasteiger partial charge in [-0.05, 0) is 64.2 Å². The Labute approximate surface area is 347 Å². The van der Waals surface area contributed by atoms with E-state index in [0.29, 0.717) is 12.8 Å². The fourth-order valence-electron chi connectivity index (χ4n) is 6.29. The second-order valence-corrected chi connectivity index (χ2v) is 17.0. The highest BCUT2D eigenvalue weighted by Gasteiger charge is 2.28. The summed E-state index contributed by atoms with van der Waals surface area (Å²) < 4.78 is 32.7. The second-order valence-electron chi connectivity index (χ2n) is 15.5. The van der Waals surface area contributed by atoms with Crippen LogP contribution in [0.5, 0.6) is 0 Å². The van der Waals surface area contributed by atoms with Crippen molar-refractivity contribution in [2.24, 2.45) is 5.73 Å². The Morgan fingerprint density at radius 1 is 0.526 bits per heavy atom. The van der Waals surface area contributed by atoms with Crippen LogP contribution >= 0.6 is 7.82 Å². The number of phosphoric ester groups is 1. The molecule has 57 heavy (non-hydrogen) atoms. The van der Waals surface area contributed by atoms with E-state index in [9.17, 15) is 23.8 Å². The third-order valence-corrected chi connectivity index (χ3v) is 10.9. The predicted molar refractivity (Wildman–Crippen MR) is 231 cm³/mol. The minimum absolute atomic E-state index is 0.152. The average Bonchev–Trinajstić information content (AvgIpc) is 3.19. The molecule has 0 aliphatic carbocycles. The van der Waals surface area contributed by atoms with Crippen molar-refractivity contribution in [3.05, 3.63) is 24.3 Å².